The van der Waals surface area contributed by atoms with Crippen molar-refractivity contribution in [2.75, 3.05) is 21.0 Å². The van der Waals surface area contributed by atoms with Gasteiger partial charge < -0.3 is 0 Å². The standard InChI is InChI=1S/C18H22N2O4S2/c1-25(21,22)20(16-11-12-16)18-10-6-5-9-17(18)19-26(23,24)14-13-15-7-3-2-4-8-15/h2-10,16,19H,11-14H2,1H3. The molecule has 2 aromatic carbocycles. The highest BCUT2D eigenvalue weighted by Crippen LogP contribution is 2.38. The zero-order chi connectivity index (χ0) is 18.8. The van der Waals surface area contributed by atoms with Crippen LogP contribution >= 0.6 is 0 Å². The Morgan fingerprint density at radius 3 is 2.19 bits per heavy atom. The summed E-state index contributed by atoms with van der Waals surface area (Å²) in [6.07, 6.45) is 3.09. The number of nitrogens with one attached hydrogen (secondary N) is 1. The molecule has 3 rings (SSSR count). The lowest BCUT2D eigenvalue weighted by Crippen LogP contribution is -2.33. The first-order chi connectivity index (χ1) is 12.3. The normalized spacial score (nSPS) is 14.8. The number of anilines is 2. The van der Waals surface area contributed by atoms with E-state index in [1.54, 1.807) is 24.3 Å². The van der Waals surface area contributed by atoms with E-state index in [2.05, 4.69) is 4.72 Å². The zero-order valence-electron chi connectivity index (χ0n) is 14.5. The average Bonchev–Trinajstić information content (AvgIpc) is 3.39. The van der Waals surface area contributed by atoms with Crippen LogP contribution in [0.15, 0.2) is 54.6 Å². The van der Waals surface area contributed by atoms with Crippen molar-refractivity contribution in [1.82, 2.24) is 0 Å². The van der Waals surface area contributed by atoms with Gasteiger partial charge in [0.1, 0.15) is 0 Å². The third kappa shape index (κ3) is 4.76. The van der Waals surface area contributed by atoms with Crippen molar-refractivity contribution in [2.45, 2.75) is 25.3 Å². The number of rotatable bonds is 8. The van der Waals surface area contributed by atoms with Gasteiger partial charge >= 0.3 is 0 Å². The molecule has 140 valence electrons. The van der Waals surface area contributed by atoms with Gasteiger partial charge in [0.05, 0.1) is 23.4 Å². The second kappa shape index (κ2) is 7.28. The Hall–Kier alpha value is -2.06. The Bertz CT molecular complexity index is 969. The molecule has 1 aliphatic carbocycles. The highest BCUT2D eigenvalue weighted by atomic mass is 32.2. The highest BCUT2D eigenvalue weighted by Gasteiger charge is 2.36. The Balaban J connectivity index is 1.81. The molecule has 0 saturated heterocycles. The maximum atomic E-state index is 12.5. The fourth-order valence-corrected chi connectivity index (χ4v) is 5.21. The summed E-state index contributed by atoms with van der Waals surface area (Å²) in [6.45, 7) is 0. The van der Waals surface area contributed by atoms with Crippen LogP contribution in [0.5, 0.6) is 0 Å². The molecular formula is C18H22N2O4S2. The number of para-hydroxylation sites is 2. The minimum absolute atomic E-state index is 0.0757. The lowest BCUT2D eigenvalue weighted by Gasteiger charge is -2.25. The van der Waals surface area contributed by atoms with Crippen LogP contribution in [0.2, 0.25) is 0 Å². The summed E-state index contributed by atoms with van der Waals surface area (Å²) in [4.78, 5) is 0. The molecule has 0 aromatic heterocycles. The van der Waals surface area contributed by atoms with Crippen LogP contribution in [-0.2, 0) is 26.5 Å². The molecule has 1 aliphatic rings. The van der Waals surface area contributed by atoms with Crippen molar-refractivity contribution < 1.29 is 16.8 Å². The van der Waals surface area contributed by atoms with Gasteiger partial charge in [-0.05, 0) is 37.0 Å². The largest absolute Gasteiger partial charge is 0.281 e. The van der Waals surface area contributed by atoms with E-state index in [1.165, 1.54) is 4.31 Å². The summed E-state index contributed by atoms with van der Waals surface area (Å²) in [5, 5.41) is 0. The molecule has 0 aliphatic heterocycles. The molecule has 26 heavy (non-hydrogen) atoms. The Labute approximate surface area is 155 Å². The van der Waals surface area contributed by atoms with Crippen LogP contribution in [0.3, 0.4) is 0 Å². The monoisotopic (exact) mass is 394 g/mol. The highest BCUT2D eigenvalue weighted by molar-refractivity contribution is 7.93. The predicted octanol–water partition coefficient (Wildman–Crippen LogP) is 2.60. The summed E-state index contributed by atoms with van der Waals surface area (Å²) in [6, 6.07) is 15.9. The van der Waals surface area contributed by atoms with Gasteiger partial charge in [0, 0.05) is 6.04 Å². The minimum Gasteiger partial charge on any atom is -0.281 e. The summed E-state index contributed by atoms with van der Waals surface area (Å²) >= 11 is 0. The minimum atomic E-state index is -3.61. The predicted molar refractivity (Wildman–Crippen MR) is 104 cm³/mol. The SMILES string of the molecule is CS(=O)(=O)N(c1ccccc1NS(=O)(=O)CCc1ccccc1)C1CC1. The fraction of sp³-hybridized carbons (Fsp3) is 0.333. The van der Waals surface area contributed by atoms with Crippen LogP contribution in [0.4, 0.5) is 11.4 Å². The molecular weight excluding hydrogens is 372 g/mol. The summed E-state index contributed by atoms with van der Waals surface area (Å²) < 4.78 is 53.3. The number of sulfonamides is 2. The lowest BCUT2D eigenvalue weighted by atomic mass is 10.2. The summed E-state index contributed by atoms with van der Waals surface area (Å²) in [5.41, 5.74) is 1.60. The third-order valence-electron chi connectivity index (χ3n) is 4.15. The molecule has 1 N–H and O–H groups in total. The van der Waals surface area contributed by atoms with Crippen molar-refractivity contribution >= 4 is 31.4 Å². The molecule has 0 atom stereocenters. The van der Waals surface area contributed by atoms with Gasteiger partial charge in [-0.3, -0.25) is 9.03 Å². The number of benzene rings is 2. The molecule has 0 amide bonds. The quantitative estimate of drug-likeness (QED) is 0.746. The Morgan fingerprint density at radius 2 is 1.58 bits per heavy atom. The van der Waals surface area contributed by atoms with Crippen LogP contribution in [-0.4, -0.2) is 34.9 Å². The van der Waals surface area contributed by atoms with Gasteiger partial charge in [-0.25, -0.2) is 16.8 Å². The first-order valence-electron chi connectivity index (χ1n) is 8.39. The van der Waals surface area contributed by atoms with E-state index in [1.807, 2.05) is 30.3 Å². The molecule has 6 nitrogen and oxygen atoms in total. The molecule has 0 radical (unpaired) electrons. The number of hydrogen-bond donors (Lipinski definition) is 1. The molecule has 1 saturated carbocycles. The van der Waals surface area contributed by atoms with Crippen LogP contribution in [0.1, 0.15) is 18.4 Å². The van der Waals surface area contributed by atoms with Crippen molar-refractivity contribution in [2.24, 2.45) is 0 Å². The van der Waals surface area contributed by atoms with E-state index in [-0.39, 0.29) is 17.5 Å². The van der Waals surface area contributed by atoms with Gasteiger partial charge in [-0.1, -0.05) is 42.5 Å². The molecule has 8 heteroatoms. The van der Waals surface area contributed by atoms with E-state index >= 15 is 0 Å². The summed E-state index contributed by atoms with van der Waals surface area (Å²) in [5.74, 6) is -0.0757. The van der Waals surface area contributed by atoms with Gasteiger partial charge in [0.15, 0.2) is 0 Å². The van der Waals surface area contributed by atoms with Crippen molar-refractivity contribution in [3.05, 3.63) is 60.2 Å². The molecule has 0 bridgehead atoms. The van der Waals surface area contributed by atoms with E-state index < -0.39 is 20.0 Å². The molecule has 0 spiro atoms. The lowest BCUT2D eigenvalue weighted by molar-refractivity contribution is 0.595. The fourth-order valence-electron chi connectivity index (χ4n) is 2.82. The maximum Gasteiger partial charge on any atom is 0.233 e. The van der Waals surface area contributed by atoms with E-state index in [0.29, 0.717) is 12.1 Å². The molecule has 2 aromatic rings. The number of nitrogens with zero attached hydrogens (tertiary/aromatic N) is 1. The topological polar surface area (TPSA) is 83.6 Å². The van der Waals surface area contributed by atoms with E-state index in [9.17, 15) is 16.8 Å². The number of hydrogen-bond acceptors (Lipinski definition) is 4. The first kappa shape index (κ1) is 18.7. The van der Waals surface area contributed by atoms with Crippen molar-refractivity contribution in [3.63, 3.8) is 0 Å². The van der Waals surface area contributed by atoms with Gasteiger partial charge in [-0.15, -0.1) is 0 Å². The maximum absolute atomic E-state index is 12.5. The van der Waals surface area contributed by atoms with Crippen molar-refractivity contribution in [1.29, 1.82) is 0 Å². The first-order valence-corrected chi connectivity index (χ1v) is 11.9. The second-order valence-electron chi connectivity index (χ2n) is 6.46. The van der Waals surface area contributed by atoms with Crippen LogP contribution < -0.4 is 9.03 Å². The average molecular weight is 395 g/mol. The van der Waals surface area contributed by atoms with Gasteiger partial charge in [0.2, 0.25) is 20.0 Å². The molecule has 0 heterocycles. The second-order valence-corrected chi connectivity index (χ2v) is 10.2. The third-order valence-corrected chi connectivity index (χ3v) is 6.63. The zero-order valence-corrected chi connectivity index (χ0v) is 16.1. The summed E-state index contributed by atoms with van der Waals surface area (Å²) in [7, 11) is -7.10. The Kier molecular flexibility index (Phi) is 5.24. The van der Waals surface area contributed by atoms with Crippen molar-refractivity contribution in [3.8, 4) is 0 Å². The Morgan fingerprint density at radius 1 is 0.962 bits per heavy atom. The smallest absolute Gasteiger partial charge is 0.233 e. The molecule has 0 unspecified atom stereocenters. The van der Waals surface area contributed by atoms with Crippen LogP contribution in [0.25, 0.3) is 0 Å². The molecule has 1 fully saturated rings. The number of aryl methyl sites for hydroxylation is 1. The van der Waals surface area contributed by atoms with Crippen LogP contribution in [0, 0.1) is 0 Å². The van der Waals surface area contributed by atoms with E-state index in [0.717, 1.165) is 24.7 Å². The van der Waals surface area contributed by atoms with Gasteiger partial charge in [0.25, 0.3) is 0 Å². The van der Waals surface area contributed by atoms with Gasteiger partial charge in [-0.2, -0.15) is 0 Å². The van der Waals surface area contributed by atoms with E-state index in [4.69, 9.17) is 0 Å².